The summed E-state index contributed by atoms with van der Waals surface area (Å²) < 4.78 is 10.9. The van der Waals surface area contributed by atoms with Crippen LogP contribution in [0, 0.1) is 0 Å². The van der Waals surface area contributed by atoms with Gasteiger partial charge in [-0.3, -0.25) is 4.79 Å². The predicted octanol–water partition coefficient (Wildman–Crippen LogP) is 3.13. The SMILES string of the molecule is NC(=O)c1ccc(C2CCC(=CCC3OCCO3)CC2)cc1. The molecule has 1 heterocycles. The van der Waals surface area contributed by atoms with E-state index >= 15 is 0 Å². The number of hydrogen-bond donors (Lipinski definition) is 1. The molecule has 0 unspecified atom stereocenters. The van der Waals surface area contributed by atoms with Crippen molar-refractivity contribution < 1.29 is 14.3 Å². The first-order valence-corrected chi connectivity index (χ1v) is 8.03. The number of primary amides is 1. The Hall–Kier alpha value is -1.65. The van der Waals surface area contributed by atoms with Crippen molar-refractivity contribution in [3.8, 4) is 0 Å². The number of nitrogens with two attached hydrogens (primary N) is 1. The molecule has 3 rings (SSSR count). The summed E-state index contributed by atoms with van der Waals surface area (Å²) in [6, 6.07) is 7.74. The van der Waals surface area contributed by atoms with E-state index in [-0.39, 0.29) is 12.2 Å². The summed E-state index contributed by atoms with van der Waals surface area (Å²) in [5.74, 6) is 0.217. The third-order valence-corrected chi connectivity index (χ3v) is 4.58. The van der Waals surface area contributed by atoms with E-state index in [1.54, 1.807) is 0 Å². The molecule has 118 valence electrons. The van der Waals surface area contributed by atoms with Crippen molar-refractivity contribution in [1.29, 1.82) is 0 Å². The fraction of sp³-hybridized carbons (Fsp3) is 0.500. The Morgan fingerprint density at radius 3 is 2.36 bits per heavy atom. The van der Waals surface area contributed by atoms with Crippen LogP contribution in [0.15, 0.2) is 35.9 Å². The van der Waals surface area contributed by atoms with Gasteiger partial charge < -0.3 is 15.2 Å². The quantitative estimate of drug-likeness (QED) is 0.869. The van der Waals surface area contributed by atoms with Crippen LogP contribution in [-0.2, 0) is 9.47 Å². The van der Waals surface area contributed by atoms with Crippen LogP contribution in [0.2, 0.25) is 0 Å². The first-order valence-electron chi connectivity index (χ1n) is 8.03. The first kappa shape index (κ1) is 15.3. The van der Waals surface area contributed by atoms with Gasteiger partial charge in [-0.05, 0) is 49.3 Å². The monoisotopic (exact) mass is 301 g/mol. The molecule has 0 aromatic heterocycles. The molecule has 1 saturated heterocycles. The van der Waals surface area contributed by atoms with Crippen molar-refractivity contribution in [1.82, 2.24) is 0 Å². The number of rotatable bonds is 4. The lowest BCUT2D eigenvalue weighted by Crippen LogP contribution is -2.12. The molecule has 4 nitrogen and oxygen atoms in total. The molecule has 1 amide bonds. The van der Waals surface area contributed by atoms with Crippen molar-refractivity contribution in [3.63, 3.8) is 0 Å². The summed E-state index contributed by atoms with van der Waals surface area (Å²) in [5, 5.41) is 0. The van der Waals surface area contributed by atoms with Gasteiger partial charge in [0.05, 0.1) is 13.2 Å². The van der Waals surface area contributed by atoms with E-state index in [4.69, 9.17) is 15.2 Å². The molecule has 0 bridgehead atoms. The van der Waals surface area contributed by atoms with Crippen LogP contribution in [0.5, 0.6) is 0 Å². The Balaban J connectivity index is 1.52. The molecule has 1 aromatic carbocycles. The zero-order valence-corrected chi connectivity index (χ0v) is 12.8. The van der Waals surface area contributed by atoms with Gasteiger partial charge in [-0.1, -0.05) is 23.8 Å². The summed E-state index contributed by atoms with van der Waals surface area (Å²) in [5.41, 5.74) is 8.69. The summed E-state index contributed by atoms with van der Waals surface area (Å²) in [4.78, 5) is 11.1. The molecule has 2 fully saturated rings. The van der Waals surface area contributed by atoms with Gasteiger partial charge in [-0.25, -0.2) is 0 Å². The highest BCUT2D eigenvalue weighted by molar-refractivity contribution is 5.92. The zero-order valence-electron chi connectivity index (χ0n) is 12.8. The minimum atomic E-state index is -0.364. The first-order chi connectivity index (χ1) is 10.7. The van der Waals surface area contributed by atoms with Gasteiger partial charge in [-0.15, -0.1) is 0 Å². The number of carbonyl (C=O) groups is 1. The van der Waals surface area contributed by atoms with Crippen LogP contribution in [0.25, 0.3) is 0 Å². The Morgan fingerprint density at radius 1 is 1.14 bits per heavy atom. The molecule has 1 aliphatic carbocycles. The number of amides is 1. The lowest BCUT2D eigenvalue weighted by molar-refractivity contribution is -0.0382. The third-order valence-electron chi connectivity index (χ3n) is 4.58. The van der Waals surface area contributed by atoms with E-state index in [1.807, 2.05) is 24.3 Å². The average molecular weight is 301 g/mol. The van der Waals surface area contributed by atoms with E-state index in [0.717, 1.165) is 45.3 Å². The summed E-state index contributed by atoms with van der Waals surface area (Å²) in [6.07, 6.45) is 7.72. The second-order valence-corrected chi connectivity index (χ2v) is 6.03. The van der Waals surface area contributed by atoms with Crippen molar-refractivity contribution in [2.24, 2.45) is 5.73 Å². The maximum atomic E-state index is 11.1. The molecule has 4 heteroatoms. The molecular formula is C18H23NO3. The van der Waals surface area contributed by atoms with Gasteiger partial charge in [0, 0.05) is 12.0 Å². The Bertz CT molecular complexity index is 534. The van der Waals surface area contributed by atoms with Gasteiger partial charge in [0.15, 0.2) is 6.29 Å². The van der Waals surface area contributed by atoms with Crippen LogP contribution >= 0.6 is 0 Å². The minimum Gasteiger partial charge on any atom is -0.366 e. The lowest BCUT2D eigenvalue weighted by Gasteiger charge is -2.24. The number of benzene rings is 1. The smallest absolute Gasteiger partial charge is 0.248 e. The average Bonchev–Trinajstić information content (AvgIpc) is 3.07. The molecule has 2 aliphatic rings. The number of ether oxygens (including phenoxy) is 2. The summed E-state index contributed by atoms with van der Waals surface area (Å²) in [7, 11) is 0. The number of carbonyl (C=O) groups excluding carboxylic acids is 1. The molecule has 22 heavy (non-hydrogen) atoms. The van der Waals surface area contributed by atoms with Gasteiger partial charge in [0.1, 0.15) is 0 Å². The molecule has 2 N–H and O–H groups in total. The van der Waals surface area contributed by atoms with Gasteiger partial charge in [-0.2, -0.15) is 0 Å². The van der Waals surface area contributed by atoms with Crippen molar-refractivity contribution in [2.45, 2.75) is 44.3 Å². The molecule has 0 radical (unpaired) electrons. The van der Waals surface area contributed by atoms with E-state index in [0.29, 0.717) is 11.5 Å². The van der Waals surface area contributed by atoms with Crippen LogP contribution in [0.1, 0.15) is 53.9 Å². The molecule has 1 aromatic rings. The van der Waals surface area contributed by atoms with E-state index in [9.17, 15) is 4.79 Å². The highest BCUT2D eigenvalue weighted by Gasteiger charge is 2.20. The Morgan fingerprint density at radius 2 is 1.77 bits per heavy atom. The molecule has 0 spiro atoms. The highest BCUT2D eigenvalue weighted by Crippen LogP contribution is 2.35. The molecular weight excluding hydrogens is 278 g/mol. The fourth-order valence-electron chi connectivity index (χ4n) is 3.25. The number of hydrogen-bond acceptors (Lipinski definition) is 3. The predicted molar refractivity (Wildman–Crippen MR) is 84.6 cm³/mol. The fourth-order valence-corrected chi connectivity index (χ4v) is 3.25. The van der Waals surface area contributed by atoms with Gasteiger partial charge in [0.2, 0.25) is 5.91 Å². The lowest BCUT2D eigenvalue weighted by atomic mass is 9.81. The summed E-state index contributed by atoms with van der Waals surface area (Å²) >= 11 is 0. The van der Waals surface area contributed by atoms with Gasteiger partial charge in [0.25, 0.3) is 0 Å². The third kappa shape index (κ3) is 3.76. The normalized spacial score (nSPS) is 22.7. The maximum Gasteiger partial charge on any atom is 0.248 e. The van der Waals surface area contributed by atoms with Crippen molar-refractivity contribution in [2.75, 3.05) is 13.2 Å². The van der Waals surface area contributed by atoms with Gasteiger partial charge >= 0.3 is 0 Å². The van der Waals surface area contributed by atoms with Crippen LogP contribution in [0.3, 0.4) is 0 Å². The van der Waals surface area contributed by atoms with E-state index in [2.05, 4.69) is 6.08 Å². The minimum absolute atomic E-state index is 0.0356. The second-order valence-electron chi connectivity index (χ2n) is 6.03. The van der Waals surface area contributed by atoms with Crippen LogP contribution < -0.4 is 5.73 Å². The van der Waals surface area contributed by atoms with Crippen LogP contribution in [-0.4, -0.2) is 25.4 Å². The highest BCUT2D eigenvalue weighted by atomic mass is 16.7. The maximum absolute atomic E-state index is 11.1. The Kier molecular flexibility index (Phi) is 4.90. The van der Waals surface area contributed by atoms with Crippen molar-refractivity contribution >= 4 is 5.91 Å². The second kappa shape index (κ2) is 7.07. The zero-order chi connectivity index (χ0) is 15.4. The largest absolute Gasteiger partial charge is 0.366 e. The van der Waals surface area contributed by atoms with Crippen molar-refractivity contribution in [3.05, 3.63) is 47.0 Å². The topological polar surface area (TPSA) is 61.6 Å². The Labute approximate surface area is 131 Å². The molecule has 1 saturated carbocycles. The number of allylic oxidation sites excluding steroid dienone is 1. The standard InChI is InChI=1S/C18H23NO3/c19-18(20)16-8-6-15(7-9-16)14-4-1-13(2-5-14)3-10-17-21-11-12-22-17/h3,6-9,14,17H,1-2,4-5,10-12H2,(H2,19,20). The molecule has 1 aliphatic heterocycles. The molecule has 0 atom stereocenters. The van der Waals surface area contributed by atoms with E-state index in [1.165, 1.54) is 11.1 Å². The van der Waals surface area contributed by atoms with E-state index < -0.39 is 0 Å². The van der Waals surface area contributed by atoms with Crippen LogP contribution in [0.4, 0.5) is 0 Å². The summed E-state index contributed by atoms with van der Waals surface area (Å²) in [6.45, 7) is 1.44.